The molecule has 0 spiro atoms. The number of fused-ring (bicyclic) bond motifs is 2. The average molecular weight is 643 g/mol. The second-order valence-corrected chi connectivity index (χ2v) is 12.1. The molecule has 3 heteroatoms. The average Bonchev–Trinajstić information content (AvgIpc) is 3.25. The van der Waals surface area contributed by atoms with Crippen LogP contribution in [0, 0.1) is 0 Å². The third-order valence-corrected chi connectivity index (χ3v) is 8.98. The molecule has 0 unspecified atom stereocenters. The van der Waals surface area contributed by atoms with Crippen molar-refractivity contribution in [3.63, 3.8) is 0 Å². The second kappa shape index (κ2) is 12.7. The van der Waals surface area contributed by atoms with Crippen LogP contribution in [0.15, 0.2) is 188 Å². The third kappa shape index (κ3) is 5.72. The second-order valence-electron chi connectivity index (χ2n) is 12.1. The van der Waals surface area contributed by atoms with Crippen molar-refractivity contribution in [2.24, 2.45) is 0 Å². The Morgan fingerprint density at radius 2 is 0.820 bits per heavy atom. The molecule has 0 N–H and O–H groups in total. The SMILES string of the molecule is [2H]c1c([2H])c([2H])c(-c2ccc3cc(-c4cccc(-c5nc(-c6cccc(-c7ccccc7)c6)nc(-c6cccc7ccccc67)n5)c4)ccc3c2)c([2H])c1[2H]. The van der Waals surface area contributed by atoms with Gasteiger partial charge in [-0.1, -0.05) is 164 Å². The summed E-state index contributed by atoms with van der Waals surface area (Å²) in [7, 11) is 0. The third-order valence-electron chi connectivity index (χ3n) is 8.98. The fourth-order valence-electron chi connectivity index (χ4n) is 6.46. The Bertz CT molecular complexity index is 2910. The van der Waals surface area contributed by atoms with Gasteiger partial charge < -0.3 is 0 Å². The standard InChI is InChI=1S/C47H31N3/c1-3-12-32(13-4-1)35-18-9-20-41(30-35)45-48-46(50-47(49-45)44-23-11-17-34-16-7-8-22-43(34)44)42-21-10-19-36(31-42)38-26-27-39-28-37(24-25-40(39)29-38)33-14-5-2-6-15-33/h1-31H/i2D,5D,6D,14D,15D. The van der Waals surface area contributed by atoms with Gasteiger partial charge in [0.2, 0.25) is 0 Å². The topological polar surface area (TPSA) is 38.7 Å². The number of benzene rings is 8. The maximum atomic E-state index is 8.44. The molecule has 0 radical (unpaired) electrons. The van der Waals surface area contributed by atoms with E-state index in [0.717, 1.165) is 60.5 Å². The summed E-state index contributed by atoms with van der Waals surface area (Å²) in [5, 5.41) is 4.01. The maximum Gasteiger partial charge on any atom is 0.164 e. The molecule has 0 aliphatic rings. The first-order valence-corrected chi connectivity index (χ1v) is 16.4. The van der Waals surface area contributed by atoms with Crippen LogP contribution in [0.1, 0.15) is 6.85 Å². The summed E-state index contributed by atoms with van der Waals surface area (Å²) in [6, 6.07) is 51.4. The minimum Gasteiger partial charge on any atom is -0.208 e. The lowest BCUT2D eigenvalue weighted by atomic mass is 9.97. The molecule has 9 aromatic rings. The quantitative estimate of drug-likeness (QED) is 0.181. The summed E-state index contributed by atoms with van der Waals surface area (Å²) in [6.07, 6.45) is 0. The van der Waals surface area contributed by atoms with Crippen LogP contribution in [-0.2, 0) is 0 Å². The van der Waals surface area contributed by atoms with Gasteiger partial charge in [-0.25, -0.2) is 15.0 Å². The Balaban J connectivity index is 1.14. The molecule has 3 nitrogen and oxygen atoms in total. The van der Waals surface area contributed by atoms with E-state index in [9.17, 15) is 0 Å². The first-order valence-electron chi connectivity index (χ1n) is 18.9. The predicted molar refractivity (Wildman–Crippen MR) is 207 cm³/mol. The Morgan fingerprint density at radius 3 is 1.52 bits per heavy atom. The first kappa shape index (κ1) is 24.4. The summed E-state index contributed by atoms with van der Waals surface area (Å²) in [5.41, 5.74) is 7.58. The summed E-state index contributed by atoms with van der Waals surface area (Å²) in [4.78, 5) is 15.2. The van der Waals surface area contributed by atoms with Gasteiger partial charge in [0, 0.05) is 16.7 Å². The molecule has 0 amide bonds. The van der Waals surface area contributed by atoms with E-state index < -0.39 is 6.04 Å². The molecule has 50 heavy (non-hydrogen) atoms. The van der Waals surface area contributed by atoms with E-state index in [-0.39, 0.29) is 29.7 Å². The fourth-order valence-corrected chi connectivity index (χ4v) is 6.46. The van der Waals surface area contributed by atoms with Gasteiger partial charge in [0.25, 0.3) is 0 Å². The molecule has 0 fully saturated rings. The van der Waals surface area contributed by atoms with Crippen molar-refractivity contribution in [3.05, 3.63) is 188 Å². The lowest BCUT2D eigenvalue weighted by Crippen LogP contribution is -2.01. The van der Waals surface area contributed by atoms with Crippen molar-refractivity contribution in [3.8, 4) is 67.5 Å². The van der Waals surface area contributed by atoms with Crippen LogP contribution in [0.3, 0.4) is 0 Å². The summed E-state index contributed by atoms with van der Waals surface area (Å²) < 4.78 is 41.1. The Morgan fingerprint density at radius 1 is 0.320 bits per heavy atom. The molecule has 0 saturated carbocycles. The summed E-state index contributed by atoms with van der Waals surface area (Å²) in [5.74, 6) is 1.73. The van der Waals surface area contributed by atoms with E-state index in [1.54, 1.807) is 0 Å². The van der Waals surface area contributed by atoms with Crippen LogP contribution in [-0.4, -0.2) is 15.0 Å². The van der Waals surface area contributed by atoms with E-state index in [4.69, 9.17) is 21.8 Å². The number of hydrogen-bond acceptors (Lipinski definition) is 3. The number of rotatable bonds is 6. The zero-order chi connectivity index (χ0) is 37.6. The van der Waals surface area contributed by atoms with Gasteiger partial charge in [-0.3, -0.25) is 0 Å². The van der Waals surface area contributed by atoms with E-state index in [1.165, 1.54) is 0 Å². The molecule has 1 aromatic heterocycles. The van der Waals surface area contributed by atoms with Crippen molar-refractivity contribution < 1.29 is 6.85 Å². The molecule has 0 bridgehead atoms. The maximum absolute atomic E-state index is 8.44. The largest absolute Gasteiger partial charge is 0.208 e. The smallest absolute Gasteiger partial charge is 0.164 e. The fraction of sp³-hybridized carbons (Fsp3) is 0. The zero-order valence-electron chi connectivity index (χ0n) is 31.9. The normalized spacial score (nSPS) is 12.6. The minimum atomic E-state index is -0.401. The van der Waals surface area contributed by atoms with Gasteiger partial charge in [0.1, 0.15) is 0 Å². The summed E-state index contributed by atoms with van der Waals surface area (Å²) >= 11 is 0. The van der Waals surface area contributed by atoms with Crippen molar-refractivity contribution >= 4 is 21.5 Å². The van der Waals surface area contributed by atoms with Crippen molar-refractivity contribution in [2.45, 2.75) is 0 Å². The highest BCUT2D eigenvalue weighted by atomic mass is 15.0. The van der Waals surface area contributed by atoms with E-state index in [0.29, 0.717) is 23.0 Å². The predicted octanol–water partition coefficient (Wildman–Crippen LogP) is 12.2. The molecule has 0 aliphatic carbocycles. The van der Waals surface area contributed by atoms with Crippen LogP contribution in [0.2, 0.25) is 0 Å². The van der Waals surface area contributed by atoms with Gasteiger partial charge >= 0.3 is 0 Å². The number of nitrogens with zero attached hydrogens (tertiary/aromatic N) is 3. The van der Waals surface area contributed by atoms with E-state index >= 15 is 0 Å². The highest BCUT2D eigenvalue weighted by Gasteiger charge is 2.15. The number of hydrogen-bond donors (Lipinski definition) is 0. The van der Waals surface area contributed by atoms with Crippen LogP contribution < -0.4 is 0 Å². The highest BCUT2D eigenvalue weighted by Crippen LogP contribution is 2.33. The Hall–Kier alpha value is -6.71. The van der Waals surface area contributed by atoms with Crippen LogP contribution in [0.5, 0.6) is 0 Å². The van der Waals surface area contributed by atoms with Crippen molar-refractivity contribution in [1.82, 2.24) is 15.0 Å². The molecule has 9 rings (SSSR count). The molecule has 0 saturated heterocycles. The minimum absolute atomic E-state index is 0.191. The molecule has 8 aromatic carbocycles. The lowest BCUT2D eigenvalue weighted by Gasteiger charge is -2.12. The highest BCUT2D eigenvalue weighted by molar-refractivity contribution is 5.95. The molecule has 0 atom stereocenters. The molecule has 0 aliphatic heterocycles. The molecule has 1 heterocycles. The van der Waals surface area contributed by atoms with Crippen LogP contribution >= 0.6 is 0 Å². The van der Waals surface area contributed by atoms with E-state index in [1.807, 2.05) is 91.0 Å². The molecular formula is C47H31N3. The Labute approximate surface area is 298 Å². The zero-order valence-corrected chi connectivity index (χ0v) is 26.9. The summed E-state index contributed by atoms with van der Waals surface area (Å²) in [6.45, 7) is 0. The van der Waals surface area contributed by atoms with Crippen molar-refractivity contribution in [2.75, 3.05) is 0 Å². The van der Waals surface area contributed by atoms with E-state index in [2.05, 4.69) is 66.7 Å². The molecule has 234 valence electrons. The van der Waals surface area contributed by atoms with Gasteiger partial charge in [0.15, 0.2) is 17.5 Å². The number of aromatic nitrogens is 3. The first-order chi connectivity index (χ1) is 26.8. The lowest BCUT2D eigenvalue weighted by molar-refractivity contribution is 1.08. The van der Waals surface area contributed by atoms with Gasteiger partial charge in [-0.05, 0) is 79.2 Å². The van der Waals surface area contributed by atoms with Gasteiger partial charge in [-0.15, -0.1) is 0 Å². The van der Waals surface area contributed by atoms with Gasteiger partial charge in [-0.2, -0.15) is 0 Å². The Kier molecular flexibility index (Phi) is 6.22. The monoisotopic (exact) mass is 642 g/mol. The molecular weight excluding hydrogens is 607 g/mol. The van der Waals surface area contributed by atoms with Crippen LogP contribution in [0.25, 0.3) is 89.1 Å². The van der Waals surface area contributed by atoms with Gasteiger partial charge in [0.05, 0.1) is 6.85 Å². The van der Waals surface area contributed by atoms with Crippen molar-refractivity contribution in [1.29, 1.82) is 0 Å². The van der Waals surface area contributed by atoms with Crippen LogP contribution in [0.4, 0.5) is 0 Å².